The topological polar surface area (TPSA) is 61.0 Å². The highest BCUT2D eigenvalue weighted by Crippen LogP contribution is 2.25. The summed E-state index contributed by atoms with van der Waals surface area (Å²) in [5, 5.41) is 4.75. The van der Waals surface area contributed by atoms with E-state index in [0.29, 0.717) is 11.7 Å². The van der Waals surface area contributed by atoms with Crippen LogP contribution in [0.5, 0.6) is 0 Å². The van der Waals surface area contributed by atoms with Gasteiger partial charge in [-0.3, -0.25) is 9.78 Å². The van der Waals surface area contributed by atoms with Gasteiger partial charge in [-0.1, -0.05) is 24.3 Å². The number of carbonyl (C=O) groups excluding carboxylic acids is 1. The van der Waals surface area contributed by atoms with Gasteiger partial charge in [0.1, 0.15) is 5.69 Å². The Morgan fingerprint density at radius 2 is 2.14 bits per heavy atom. The van der Waals surface area contributed by atoms with E-state index in [4.69, 9.17) is 0 Å². The number of amides is 1. The van der Waals surface area contributed by atoms with E-state index in [1.54, 1.807) is 6.20 Å². The number of hydrogen-bond acceptors (Lipinski definition) is 3. The van der Waals surface area contributed by atoms with Crippen LogP contribution in [0.1, 0.15) is 48.7 Å². The molecule has 2 heterocycles. The highest BCUT2D eigenvalue weighted by molar-refractivity contribution is 5.98. The Balaban J connectivity index is 1.42. The first-order valence-electron chi connectivity index (χ1n) is 10.3. The Morgan fingerprint density at radius 3 is 2.93 bits per heavy atom. The average molecular weight is 377 g/mol. The lowest BCUT2D eigenvalue weighted by Crippen LogP contribution is -2.46. The molecule has 2 N–H and O–H groups in total. The lowest BCUT2D eigenvalue weighted by molar-refractivity contribution is 0.0623. The van der Waals surface area contributed by atoms with Gasteiger partial charge in [0, 0.05) is 48.5 Å². The molecule has 0 aliphatic heterocycles. The fourth-order valence-corrected chi connectivity index (χ4v) is 4.31. The standard InChI is InChI=1S/C23H28N4O/c1-2-27(23(28)22-13-18-8-3-4-11-21(18)26-22)20-10-5-9-19(14-20)25-16-17-7-6-12-24-15-17/h3-4,6-8,11-13,15,19-20,25-26H,2,5,9-10,14,16H2,1H3. The minimum absolute atomic E-state index is 0.108. The lowest BCUT2D eigenvalue weighted by Gasteiger charge is -2.37. The predicted octanol–water partition coefficient (Wildman–Crippen LogP) is 4.13. The van der Waals surface area contributed by atoms with E-state index < -0.39 is 0 Å². The van der Waals surface area contributed by atoms with Gasteiger partial charge >= 0.3 is 0 Å². The van der Waals surface area contributed by atoms with Crippen LogP contribution in [-0.2, 0) is 6.54 Å². The van der Waals surface area contributed by atoms with Crippen LogP contribution in [0.2, 0.25) is 0 Å². The Bertz CT molecular complexity index is 888. The SMILES string of the molecule is CCN(C(=O)c1cc2ccccc2[nH]1)C1CCCC(NCc2cccnc2)C1. The molecule has 5 heteroatoms. The Kier molecular flexibility index (Phi) is 5.72. The fraction of sp³-hybridized carbons (Fsp3) is 0.391. The van der Waals surface area contributed by atoms with E-state index in [1.807, 2.05) is 47.5 Å². The third kappa shape index (κ3) is 4.09. The van der Waals surface area contributed by atoms with E-state index in [0.717, 1.165) is 49.7 Å². The molecule has 1 amide bonds. The number of aromatic nitrogens is 2. The molecule has 28 heavy (non-hydrogen) atoms. The maximum Gasteiger partial charge on any atom is 0.270 e. The molecular weight excluding hydrogens is 348 g/mol. The molecular formula is C23H28N4O. The summed E-state index contributed by atoms with van der Waals surface area (Å²) in [7, 11) is 0. The van der Waals surface area contributed by atoms with Crippen LogP contribution in [0.3, 0.4) is 0 Å². The zero-order chi connectivity index (χ0) is 19.3. The first kappa shape index (κ1) is 18.7. The van der Waals surface area contributed by atoms with Gasteiger partial charge in [-0.05, 0) is 56.4 Å². The molecule has 1 aliphatic carbocycles. The molecule has 0 radical (unpaired) electrons. The maximum atomic E-state index is 13.2. The summed E-state index contributed by atoms with van der Waals surface area (Å²) in [6.07, 6.45) is 8.09. The number of nitrogens with one attached hydrogen (secondary N) is 2. The van der Waals surface area contributed by atoms with Gasteiger partial charge in [0.05, 0.1) is 0 Å². The van der Waals surface area contributed by atoms with Crippen LogP contribution in [-0.4, -0.2) is 39.4 Å². The van der Waals surface area contributed by atoms with E-state index in [9.17, 15) is 4.79 Å². The number of fused-ring (bicyclic) bond motifs is 1. The monoisotopic (exact) mass is 376 g/mol. The quantitative estimate of drug-likeness (QED) is 0.680. The normalized spacial score (nSPS) is 19.6. The van der Waals surface area contributed by atoms with Gasteiger partial charge in [-0.2, -0.15) is 0 Å². The molecule has 1 fully saturated rings. The van der Waals surface area contributed by atoms with Crippen molar-refractivity contribution < 1.29 is 4.79 Å². The van der Waals surface area contributed by atoms with Crippen molar-refractivity contribution in [2.75, 3.05) is 6.54 Å². The molecule has 4 rings (SSSR count). The molecule has 1 saturated carbocycles. The van der Waals surface area contributed by atoms with Crippen molar-refractivity contribution in [3.05, 3.63) is 66.1 Å². The van der Waals surface area contributed by atoms with Crippen molar-refractivity contribution in [3.63, 3.8) is 0 Å². The van der Waals surface area contributed by atoms with Gasteiger partial charge < -0.3 is 15.2 Å². The molecule has 0 spiro atoms. The van der Waals surface area contributed by atoms with Crippen LogP contribution in [0.15, 0.2) is 54.9 Å². The summed E-state index contributed by atoms with van der Waals surface area (Å²) >= 11 is 0. The Morgan fingerprint density at radius 1 is 1.25 bits per heavy atom. The summed E-state index contributed by atoms with van der Waals surface area (Å²) in [5.74, 6) is 0.108. The van der Waals surface area contributed by atoms with E-state index >= 15 is 0 Å². The minimum atomic E-state index is 0.108. The molecule has 0 bridgehead atoms. The Labute approximate surface area is 166 Å². The molecule has 146 valence electrons. The van der Waals surface area contributed by atoms with Gasteiger partial charge in [0.25, 0.3) is 5.91 Å². The van der Waals surface area contributed by atoms with Crippen LogP contribution >= 0.6 is 0 Å². The summed E-state index contributed by atoms with van der Waals surface area (Å²) in [4.78, 5) is 22.7. The first-order valence-corrected chi connectivity index (χ1v) is 10.3. The number of para-hydroxylation sites is 1. The number of hydrogen-bond donors (Lipinski definition) is 2. The van der Waals surface area contributed by atoms with Crippen molar-refractivity contribution in [1.82, 2.24) is 20.2 Å². The highest BCUT2D eigenvalue weighted by Gasteiger charge is 2.29. The molecule has 1 aliphatic rings. The molecule has 2 aromatic heterocycles. The number of pyridine rings is 1. The zero-order valence-corrected chi connectivity index (χ0v) is 16.4. The minimum Gasteiger partial charge on any atom is -0.351 e. The van der Waals surface area contributed by atoms with Gasteiger partial charge in [0.15, 0.2) is 0 Å². The molecule has 5 nitrogen and oxygen atoms in total. The molecule has 3 aromatic rings. The summed E-state index contributed by atoms with van der Waals surface area (Å²) in [6.45, 7) is 3.63. The van der Waals surface area contributed by atoms with Crippen molar-refractivity contribution >= 4 is 16.8 Å². The number of rotatable bonds is 6. The summed E-state index contributed by atoms with van der Waals surface area (Å²) < 4.78 is 0. The van der Waals surface area contributed by atoms with Crippen LogP contribution < -0.4 is 5.32 Å². The largest absolute Gasteiger partial charge is 0.351 e. The second-order valence-electron chi connectivity index (χ2n) is 7.62. The van der Waals surface area contributed by atoms with Crippen LogP contribution in [0.25, 0.3) is 10.9 Å². The van der Waals surface area contributed by atoms with Crippen molar-refractivity contribution in [2.45, 2.75) is 51.2 Å². The van der Waals surface area contributed by atoms with E-state index in [2.05, 4.69) is 28.3 Å². The second-order valence-corrected chi connectivity index (χ2v) is 7.62. The van der Waals surface area contributed by atoms with E-state index in [-0.39, 0.29) is 11.9 Å². The molecule has 2 atom stereocenters. The highest BCUT2D eigenvalue weighted by atomic mass is 16.2. The van der Waals surface area contributed by atoms with Gasteiger partial charge in [-0.25, -0.2) is 0 Å². The smallest absolute Gasteiger partial charge is 0.270 e. The van der Waals surface area contributed by atoms with E-state index in [1.165, 1.54) is 5.56 Å². The maximum absolute atomic E-state index is 13.2. The summed E-state index contributed by atoms with van der Waals surface area (Å²) in [5.41, 5.74) is 2.90. The second kappa shape index (κ2) is 8.57. The van der Waals surface area contributed by atoms with Gasteiger partial charge in [-0.15, -0.1) is 0 Å². The zero-order valence-electron chi connectivity index (χ0n) is 16.4. The number of aromatic amines is 1. The number of H-pyrrole nitrogens is 1. The molecule has 1 aromatic carbocycles. The van der Waals surface area contributed by atoms with Gasteiger partial charge in [0.2, 0.25) is 0 Å². The molecule has 0 saturated heterocycles. The van der Waals surface area contributed by atoms with Crippen molar-refractivity contribution in [2.24, 2.45) is 0 Å². The summed E-state index contributed by atoms with van der Waals surface area (Å²) in [6, 6.07) is 14.8. The fourth-order valence-electron chi connectivity index (χ4n) is 4.31. The number of nitrogens with zero attached hydrogens (tertiary/aromatic N) is 2. The Hall–Kier alpha value is -2.66. The van der Waals surface area contributed by atoms with Crippen LogP contribution in [0.4, 0.5) is 0 Å². The third-order valence-electron chi connectivity index (χ3n) is 5.77. The average Bonchev–Trinajstić information content (AvgIpc) is 3.18. The third-order valence-corrected chi connectivity index (χ3v) is 5.77. The number of carbonyl (C=O) groups is 1. The predicted molar refractivity (Wildman–Crippen MR) is 112 cm³/mol. The first-order chi connectivity index (χ1) is 13.7. The van der Waals surface area contributed by atoms with Crippen LogP contribution in [0, 0.1) is 0 Å². The van der Waals surface area contributed by atoms with Crippen molar-refractivity contribution in [3.8, 4) is 0 Å². The lowest BCUT2D eigenvalue weighted by atomic mass is 9.89. The molecule has 2 unspecified atom stereocenters. The number of benzene rings is 1. The van der Waals surface area contributed by atoms with Crippen molar-refractivity contribution in [1.29, 1.82) is 0 Å².